The molecule has 0 unspecified atom stereocenters. The molecule has 214 valence electrons. The summed E-state index contributed by atoms with van der Waals surface area (Å²) < 4.78 is 34.8. The van der Waals surface area contributed by atoms with E-state index in [0.717, 1.165) is 21.9 Å². The molecule has 0 radical (unpaired) electrons. The van der Waals surface area contributed by atoms with Crippen LogP contribution in [0, 0.1) is 6.92 Å². The van der Waals surface area contributed by atoms with Gasteiger partial charge in [-0.25, -0.2) is 8.42 Å². The van der Waals surface area contributed by atoms with Crippen molar-refractivity contribution in [1.82, 2.24) is 10.2 Å². The maximum absolute atomic E-state index is 14.0. The van der Waals surface area contributed by atoms with Crippen LogP contribution in [0.15, 0.2) is 83.8 Å². The first-order valence-electron chi connectivity index (χ1n) is 13.6. The van der Waals surface area contributed by atoms with Crippen LogP contribution in [0.3, 0.4) is 0 Å². The first-order valence-corrected chi connectivity index (χ1v) is 15.0. The maximum Gasteiger partial charge on any atom is 0.264 e. The minimum Gasteiger partial charge on any atom is -0.492 e. The van der Waals surface area contributed by atoms with Crippen molar-refractivity contribution in [3.8, 4) is 5.75 Å². The number of hydrogen-bond acceptors (Lipinski definition) is 5. The molecule has 0 aromatic heterocycles. The highest BCUT2D eigenvalue weighted by molar-refractivity contribution is 7.92. The van der Waals surface area contributed by atoms with Gasteiger partial charge in [0.25, 0.3) is 10.0 Å². The van der Waals surface area contributed by atoms with E-state index < -0.39 is 28.5 Å². The molecular weight excluding hydrogens is 526 g/mol. The summed E-state index contributed by atoms with van der Waals surface area (Å²) >= 11 is 0. The quantitative estimate of drug-likeness (QED) is 0.309. The van der Waals surface area contributed by atoms with Crippen molar-refractivity contribution in [2.75, 3.05) is 30.5 Å². The largest absolute Gasteiger partial charge is 0.492 e. The Hall–Kier alpha value is -3.85. The zero-order chi connectivity index (χ0) is 29.1. The monoisotopic (exact) mass is 565 g/mol. The van der Waals surface area contributed by atoms with Crippen molar-refractivity contribution in [2.24, 2.45) is 0 Å². The molecule has 0 aliphatic heterocycles. The molecule has 2 amide bonds. The van der Waals surface area contributed by atoms with E-state index >= 15 is 0 Å². The summed E-state index contributed by atoms with van der Waals surface area (Å²) in [5.74, 6) is -0.430. The van der Waals surface area contributed by atoms with Gasteiger partial charge in [-0.05, 0) is 63.4 Å². The molecule has 0 heterocycles. The highest BCUT2D eigenvalue weighted by atomic mass is 32.2. The predicted molar refractivity (Wildman–Crippen MR) is 158 cm³/mol. The summed E-state index contributed by atoms with van der Waals surface area (Å²) in [7, 11) is -4.16. The topological polar surface area (TPSA) is 96.0 Å². The van der Waals surface area contributed by atoms with E-state index in [-0.39, 0.29) is 23.0 Å². The first-order chi connectivity index (χ1) is 19.2. The Morgan fingerprint density at radius 3 is 2.23 bits per heavy atom. The first kappa shape index (κ1) is 30.7. The van der Waals surface area contributed by atoms with Gasteiger partial charge in [-0.1, -0.05) is 67.1 Å². The summed E-state index contributed by atoms with van der Waals surface area (Å²) in [6.07, 6.45) is 1.27. The van der Waals surface area contributed by atoms with Crippen LogP contribution in [0.5, 0.6) is 5.75 Å². The third kappa shape index (κ3) is 7.85. The SMILES string of the molecule is CCCNC(=O)[C@@H](C)N(CCc1ccccc1)C(=O)CN(c1ccccc1OCC)S(=O)(=O)c1ccc(C)cc1. The molecule has 3 aromatic carbocycles. The van der Waals surface area contributed by atoms with Crippen molar-refractivity contribution in [2.45, 2.75) is 51.5 Å². The Kier molecular flexibility index (Phi) is 11.1. The van der Waals surface area contributed by atoms with Crippen LogP contribution in [0.25, 0.3) is 0 Å². The number of anilines is 1. The molecule has 3 rings (SSSR count). The maximum atomic E-state index is 14.0. The normalized spacial score (nSPS) is 11.9. The van der Waals surface area contributed by atoms with Gasteiger partial charge in [0.15, 0.2) is 0 Å². The smallest absolute Gasteiger partial charge is 0.264 e. The molecule has 1 atom stereocenters. The van der Waals surface area contributed by atoms with Crippen LogP contribution < -0.4 is 14.4 Å². The second kappa shape index (κ2) is 14.5. The molecule has 0 spiro atoms. The Morgan fingerprint density at radius 2 is 1.57 bits per heavy atom. The Morgan fingerprint density at radius 1 is 0.925 bits per heavy atom. The highest BCUT2D eigenvalue weighted by Gasteiger charge is 2.33. The molecule has 3 aromatic rings. The molecular formula is C31H39N3O5S. The number of sulfonamides is 1. The molecule has 0 aliphatic carbocycles. The van der Waals surface area contributed by atoms with Gasteiger partial charge in [0.2, 0.25) is 11.8 Å². The molecule has 8 nitrogen and oxygen atoms in total. The molecule has 0 saturated carbocycles. The van der Waals surface area contributed by atoms with E-state index in [1.807, 2.05) is 51.1 Å². The zero-order valence-corrected chi connectivity index (χ0v) is 24.5. The minimum absolute atomic E-state index is 0.0572. The number of carbonyl (C=O) groups excluding carboxylic acids is 2. The molecule has 40 heavy (non-hydrogen) atoms. The molecule has 0 fully saturated rings. The van der Waals surface area contributed by atoms with Gasteiger partial charge in [0.05, 0.1) is 17.2 Å². The molecule has 0 saturated heterocycles. The van der Waals surface area contributed by atoms with Gasteiger partial charge in [-0.15, -0.1) is 0 Å². The second-order valence-corrected chi connectivity index (χ2v) is 11.4. The Balaban J connectivity index is 2.02. The standard InChI is InChI=1S/C31H39N3O5S/c1-5-21-32-31(36)25(4)33(22-20-26-12-8-7-9-13-26)30(35)23-34(28-14-10-11-15-29(28)39-6-2)40(37,38)27-18-16-24(3)17-19-27/h7-19,25H,5-6,20-23H2,1-4H3,(H,32,36)/t25-/m1/s1. The number of nitrogens with zero attached hydrogens (tertiary/aromatic N) is 2. The summed E-state index contributed by atoms with van der Waals surface area (Å²) in [5.41, 5.74) is 2.17. The number of aryl methyl sites for hydroxylation is 1. The van der Waals surface area contributed by atoms with E-state index in [1.54, 1.807) is 43.3 Å². The van der Waals surface area contributed by atoms with E-state index in [4.69, 9.17) is 4.74 Å². The summed E-state index contributed by atoms with van der Waals surface area (Å²) in [6.45, 7) is 7.85. The average Bonchev–Trinajstić information content (AvgIpc) is 2.96. The number of para-hydroxylation sites is 2. The lowest BCUT2D eigenvalue weighted by Crippen LogP contribution is -2.52. The Labute approximate surface area is 238 Å². The molecule has 0 aliphatic rings. The molecule has 9 heteroatoms. The van der Waals surface area contributed by atoms with Gasteiger partial charge in [-0.3, -0.25) is 13.9 Å². The van der Waals surface area contributed by atoms with Crippen LogP contribution in [-0.4, -0.2) is 57.4 Å². The zero-order valence-electron chi connectivity index (χ0n) is 23.7. The highest BCUT2D eigenvalue weighted by Crippen LogP contribution is 2.33. The fourth-order valence-electron chi connectivity index (χ4n) is 4.26. The van der Waals surface area contributed by atoms with Crippen LogP contribution in [0.2, 0.25) is 0 Å². The van der Waals surface area contributed by atoms with Crippen LogP contribution in [-0.2, 0) is 26.0 Å². The number of benzene rings is 3. The fraction of sp³-hybridized carbons (Fsp3) is 0.355. The summed E-state index contributed by atoms with van der Waals surface area (Å²) in [6, 6.07) is 22.1. The van der Waals surface area contributed by atoms with Crippen LogP contribution >= 0.6 is 0 Å². The van der Waals surface area contributed by atoms with E-state index in [0.29, 0.717) is 25.3 Å². The van der Waals surface area contributed by atoms with E-state index in [2.05, 4.69) is 5.32 Å². The van der Waals surface area contributed by atoms with Crippen LogP contribution in [0.4, 0.5) is 5.69 Å². The van der Waals surface area contributed by atoms with Crippen molar-refractivity contribution < 1.29 is 22.7 Å². The second-order valence-electron chi connectivity index (χ2n) is 9.52. The summed E-state index contributed by atoms with van der Waals surface area (Å²) in [5, 5.41) is 2.85. The van der Waals surface area contributed by atoms with Crippen LogP contribution in [0.1, 0.15) is 38.3 Å². The number of carbonyl (C=O) groups is 2. The predicted octanol–water partition coefficient (Wildman–Crippen LogP) is 4.58. The van der Waals surface area contributed by atoms with Crippen molar-refractivity contribution in [3.05, 3.63) is 90.0 Å². The third-order valence-corrected chi connectivity index (χ3v) is 8.30. The lowest BCUT2D eigenvalue weighted by molar-refractivity contribution is -0.138. The number of nitrogens with one attached hydrogen (secondary N) is 1. The number of rotatable bonds is 14. The molecule has 1 N–H and O–H groups in total. The van der Waals surface area contributed by atoms with Crippen molar-refractivity contribution in [1.29, 1.82) is 0 Å². The van der Waals surface area contributed by atoms with Crippen molar-refractivity contribution in [3.63, 3.8) is 0 Å². The lowest BCUT2D eigenvalue weighted by Gasteiger charge is -2.32. The van der Waals surface area contributed by atoms with Gasteiger partial charge in [-0.2, -0.15) is 0 Å². The number of hydrogen-bond donors (Lipinski definition) is 1. The number of ether oxygens (including phenoxy) is 1. The third-order valence-electron chi connectivity index (χ3n) is 6.52. The number of amides is 2. The van der Waals surface area contributed by atoms with E-state index in [9.17, 15) is 18.0 Å². The van der Waals surface area contributed by atoms with E-state index in [1.165, 1.54) is 17.0 Å². The summed E-state index contributed by atoms with van der Waals surface area (Å²) in [4.78, 5) is 28.4. The van der Waals surface area contributed by atoms with Crippen molar-refractivity contribution >= 4 is 27.5 Å². The lowest BCUT2D eigenvalue weighted by atomic mass is 10.1. The van der Waals surface area contributed by atoms with Gasteiger partial charge in [0, 0.05) is 13.1 Å². The van der Waals surface area contributed by atoms with Gasteiger partial charge >= 0.3 is 0 Å². The Bertz CT molecular complexity index is 1360. The fourth-order valence-corrected chi connectivity index (χ4v) is 5.68. The minimum atomic E-state index is -4.16. The average molecular weight is 566 g/mol. The molecule has 0 bridgehead atoms. The van der Waals surface area contributed by atoms with Gasteiger partial charge in [0.1, 0.15) is 18.3 Å². The van der Waals surface area contributed by atoms with Gasteiger partial charge < -0.3 is 15.0 Å².